The van der Waals surface area contributed by atoms with E-state index in [-0.39, 0.29) is 5.91 Å². The maximum atomic E-state index is 12.6. The summed E-state index contributed by atoms with van der Waals surface area (Å²) in [7, 11) is 0. The van der Waals surface area contributed by atoms with Gasteiger partial charge in [-0.2, -0.15) is 5.10 Å². The number of nitrogens with zero attached hydrogens (tertiary/aromatic N) is 1. The molecular formula is C26H20N2O3. The molecular weight excluding hydrogens is 388 g/mol. The lowest BCUT2D eigenvalue weighted by Gasteiger charge is -2.10. The average Bonchev–Trinajstić information content (AvgIpc) is 2.80. The highest BCUT2D eigenvalue weighted by atomic mass is 16.5. The predicted molar refractivity (Wildman–Crippen MR) is 122 cm³/mol. The van der Waals surface area contributed by atoms with Gasteiger partial charge in [0.2, 0.25) is 0 Å². The highest BCUT2D eigenvalue weighted by molar-refractivity contribution is 6.04. The van der Waals surface area contributed by atoms with Crippen molar-refractivity contribution in [2.24, 2.45) is 5.10 Å². The summed E-state index contributed by atoms with van der Waals surface area (Å²) in [6.07, 6.45) is 1.50. The largest absolute Gasteiger partial charge is 0.422 e. The zero-order valence-corrected chi connectivity index (χ0v) is 16.9. The molecule has 0 saturated heterocycles. The summed E-state index contributed by atoms with van der Waals surface area (Å²) in [5, 5.41) is 5.94. The number of ether oxygens (including phenoxy) is 1. The van der Waals surface area contributed by atoms with Gasteiger partial charge in [-0.15, -0.1) is 0 Å². The Hall–Kier alpha value is -4.25. The first kappa shape index (κ1) is 20.0. The zero-order valence-electron chi connectivity index (χ0n) is 16.9. The van der Waals surface area contributed by atoms with Crippen molar-refractivity contribution in [3.05, 3.63) is 113 Å². The predicted octanol–water partition coefficient (Wildman–Crippen LogP) is 5.13. The van der Waals surface area contributed by atoms with Crippen LogP contribution in [0.1, 0.15) is 31.8 Å². The summed E-state index contributed by atoms with van der Waals surface area (Å²) in [4.78, 5) is 25.0. The van der Waals surface area contributed by atoms with Gasteiger partial charge >= 0.3 is 5.97 Å². The maximum Gasteiger partial charge on any atom is 0.343 e. The van der Waals surface area contributed by atoms with Crippen LogP contribution >= 0.6 is 0 Å². The van der Waals surface area contributed by atoms with Crippen molar-refractivity contribution in [3.8, 4) is 5.75 Å². The molecule has 0 spiro atoms. The summed E-state index contributed by atoms with van der Waals surface area (Å²) >= 11 is 0. The van der Waals surface area contributed by atoms with Crippen molar-refractivity contribution in [2.75, 3.05) is 0 Å². The molecule has 0 bridgehead atoms. The van der Waals surface area contributed by atoms with Gasteiger partial charge in [-0.25, -0.2) is 10.2 Å². The Morgan fingerprint density at radius 1 is 0.839 bits per heavy atom. The monoisotopic (exact) mass is 408 g/mol. The van der Waals surface area contributed by atoms with Gasteiger partial charge in [0, 0.05) is 11.1 Å². The van der Waals surface area contributed by atoms with Gasteiger partial charge in [-0.1, -0.05) is 66.2 Å². The fourth-order valence-electron chi connectivity index (χ4n) is 3.24. The highest BCUT2D eigenvalue weighted by Crippen LogP contribution is 2.27. The Morgan fingerprint density at radius 2 is 1.58 bits per heavy atom. The molecule has 1 N–H and O–H groups in total. The number of nitrogens with one attached hydrogen (secondary N) is 1. The van der Waals surface area contributed by atoms with Gasteiger partial charge in [0.25, 0.3) is 5.91 Å². The van der Waals surface area contributed by atoms with E-state index in [9.17, 15) is 9.59 Å². The van der Waals surface area contributed by atoms with Crippen molar-refractivity contribution < 1.29 is 14.3 Å². The first-order valence-electron chi connectivity index (χ1n) is 9.81. The Labute approximate surface area is 180 Å². The van der Waals surface area contributed by atoms with Crippen LogP contribution in [0.25, 0.3) is 10.8 Å². The van der Waals surface area contributed by atoms with E-state index in [0.29, 0.717) is 22.4 Å². The second-order valence-electron chi connectivity index (χ2n) is 7.02. The quantitative estimate of drug-likeness (QED) is 0.215. The third-order valence-corrected chi connectivity index (χ3v) is 4.78. The van der Waals surface area contributed by atoms with Gasteiger partial charge < -0.3 is 4.74 Å². The molecule has 1 amide bonds. The van der Waals surface area contributed by atoms with Crippen LogP contribution in [0.4, 0.5) is 0 Å². The van der Waals surface area contributed by atoms with Crippen LogP contribution in [-0.4, -0.2) is 18.1 Å². The van der Waals surface area contributed by atoms with E-state index >= 15 is 0 Å². The number of carbonyl (C=O) groups excluding carboxylic acids is 2. The van der Waals surface area contributed by atoms with Crippen LogP contribution in [-0.2, 0) is 0 Å². The number of fused-ring (bicyclic) bond motifs is 1. The van der Waals surface area contributed by atoms with Crippen LogP contribution in [0.5, 0.6) is 5.75 Å². The Kier molecular flexibility index (Phi) is 5.85. The number of hydrogen-bond donors (Lipinski definition) is 1. The molecule has 152 valence electrons. The summed E-state index contributed by atoms with van der Waals surface area (Å²) in [6.45, 7) is 1.92. The van der Waals surface area contributed by atoms with Gasteiger partial charge in [0.1, 0.15) is 5.75 Å². The van der Waals surface area contributed by atoms with Crippen LogP contribution in [0, 0.1) is 6.92 Å². The summed E-state index contributed by atoms with van der Waals surface area (Å²) < 4.78 is 5.65. The minimum atomic E-state index is -0.464. The third kappa shape index (κ3) is 4.67. The minimum absolute atomic E-state index is 0.317. The maximum absolute atomic E-state index is 12.6. The molecule has 0 fully saturated rings. The number of hydrogen-bond acceptors (Lipinski definition) is 4. The molecule has 0 aromatic heterocycles. The Bertz CT molecular complexity index is 1280. The molecule has 31 heavy (non-hydrogen) atoms. The number of benzene rings is 4. The van der Waals surface area contributed by atoms with E-state index in [1.54, 1.807) is 42.5 Å². The molecule has 0 unspecified atom stereocenters. The molecule has 0 atom stereocenters. The second-order valence-corrected chi connectivity index (χ2v) is 7.02. The molecule has 4 aromatic rings. The first-order valence-corrected chi connectivity index (χ1v) is 9.81. The van der Waals surface area contributed by atoms with Crippen LogP contribution in [0.2, 0.25) is 0 Å². The highest BCUT2D eigenvalue weighted by Gasteiger charge is 2.13. The normalized spacial score (nSPS) is 10.9. The molecule has 5 nitrogen and oxygen atoms in total. The van der Waals surface area contributed by atoms with Crippen molar-refractivity contribution in [3.63, 3.8) is 0 Å². The van der Waals surface area contributed by atoms with Crippen LogP contribution in [0.15, 0.2) is 96.1 Å². The molecule has 0 aliphatic heterocycles. The van der Waals surface area contributed by atoms with Gasteiger partial charge in [-0.05, 0) is 48.0 Å². The van der Waals surface area contributed by atoms with E-state index in [1.807, 2.05) is 55.5 Å². The van der Waals surface area contributed by atoms with E-state index in [2.05, 4.69) is 10.5 Å². The molecule has 0 radical (unpaired) electrons. The van der Waals surface area contributed by atoms with Crippen LogP contribution < -0.4 is 10.2 Å². The van der Waals surface area contributed by atoms with E-state index < -0.39 is 5.97 Å². The Morgan fingerprint density at radius 3 is 2.39 bits per heavy atom. The third-order valence-electron chi connectivity index (χ3n) is 4.78. The minimum Gasteiger partial charge on any atom is -0.422 e. The number of aryl methyl sites for hydroxylation is 1. The standard InChI is InChI=1S/C26H20N2O3/c1-18-8-7-12-21(16-18)25(29)28-27-17-23-22-13-6-5-9-19(22)14-15-24(23)31-26(30)20-10-3-2-4-11-20/h2-17H,1H3,(H,28,29)/b27-17-. The van der Waals surface area contributed by atoms with E-state index in [4.69, 9.17) is 4.74 Å². The SMILES string of the molecule is Cc1cccc(C(=O)N/N=C\c2c(OC(=O)c3ccccc3)ccc3ccccc23)c1. The van der Waals surface area contributed by atoms with Gasteiger partial charge in [0.05, 0.1) is 11.8 Å². The molecule has 5 heteroatoms. The lowest BCUT2D eigenvalue weighted by molar-refractivity contribution is 0.0734. The van der Waals surface area contributed by atoms with Gasteiger partial charge in [0.15, 0.2) is 0 Å². The summed E-state index contributed by atoms with van der Waals surface area (Å²) in [5.41, 5.74) is 5.10. The molecule has 4 rings (SSSR count). The second kappa shape index (κ2) is 9.05. The summed E-state index contributed by atoms with van der Waals surface area (Å²) in [6, 6.07) is 27.3. The lowest BCUT2D eigenvalue weighted by atomic mass is 10.0. The molecule has 0 heterocycles. The molecule has 0 saturated carbocycles. The molecule has 0 aliphatic rings. The number of hydrazone groups is 1. The zero-order chi connectivity index (χ0) is 21.6. The number of amides is 1. The fraction of sp³-hybridized carbons (Fsp3) is 0.0385. The van der Waals surface area contributed by atoms with E-state index in [0.717, 1.165) is 16.3 Å². The van der Waals surface area contributed by atoms with Crippen molar-refractivity contribution in [1.82, 2.24) is 5.43 Å². The average molecular weight is 408 g/mol. The summed E-state index contributed by atoms with van der Waals surface area (Å²) in [5.74, 6) is -0.418. The fourth-order valence-corrected chi connectivity index (χ4v) is 3.24. The smallest absolute Gasteiger partial charge is 0.343 e. The van der Waals surface area contributed by atoms with Crippen molar-refractivity contribution >= 4 is 28.9 Å². The first-order chi connectivity index (χ1) is 15.1. The lowest BCUT2D eigenvalue weighted by Crippen LogP contribution is -2.17. The number of esters is 1. The Balaban J connectivity index is 1.63. The van der Waals surface area contributed by atoms with Crippen molar-refractivity contribution in [1.29, 1.82) is 0 Å². The molecule has 0 aliphatic carbocycles. The molecule has 4 aromatic carbocycles. The number of carbonyl (C=O) groups is 2. The van der Waals surface area contributed by atoms with E-state index in [1.165, 1.54) is 6.21 Å². The van der Waals surface area contributed by atoms with Crippen LogP contribution in [0.3, 0.4) is 0 Å². The van der Waals surface area contributed by atoms with Gasteiger partial charge in [-0.3, -0.25) is 4.79 Å². The topological polar surface area (TPSA) is 67.8 Å². The van der Waals surface area contributed by atoms with Crippen molar-refractivity contribution in [2.45, 2.75) is 6.92 Å². The number of rotatable bonds is 5.